The predicted octanol–water partition coefficient (Wildman–Crippen LogP) is 4.55. The average molecular weight is 226 g/mol. The van der Waals surface area contributed by atoms with Crippen LogP contribution in [0, 0.1) is 0 Å². The van der Waals surface area contributed by atoms with Gasteiger partial charge < -0.3 is 5.11 Å². The van der Waals surface area contributed by atoms with Crippen molar-refractivity contribution >= 4 is 5.97 Å². The minimum atomic E-state index is -0.664. The van der Waals surface area contributed by atoms with Gasteiger partial charge in [-0.3, -0.25) is 4.79 Å². The Kier molecular flexibility index (Phi) is 11.7. The van der Waals surface area contributed by atoms with Crippen molar-refractivity contribution in [1.29, 1.82) is 0 Å². The lowest BCUT2D eigenvalue weighted by molar-refractivity contribution is -0.137. The number of allylic oxidation sites excluding steroid dienone is 2. The van der Waals surface area contributed by atoms with Crippen molar-refractivity contribution in [1.82, 2.24) is 0 Å². The molecule has 0 aromatic heterocycles. The molecule has 94 valence electrons. The highest BCUT2D eigenvalue weighted by Crippen LogP contribution is 2.09. The Labute approximate surface area is 99.7 Å². The highest BCUT2D eigenvalue weighted by molar-refractivity contribution is 5.66. The van der Waals surface area contributed by atoms with E-state index in [1.54, 1.807) is 0 Å². The second-order valence-corrected chi connectivity index (χ2v) is 4.29. The molecule has 0 rings (SSSR count). The number of carboxylic acid groups (broad SMARTS) is 1. The molecule has 0 saturated carbocycles. The molecule has 0 heterocycles. The number of carbonyl (C=O) groups is 1. The Bertz CT molecular complexity index is 185. The second-order valence-electron chi connectivity index (χ2n) is 4.29. The van der Waals surface area contributed by atoms with Crippen LogP contribution in [0.2, 0.25) is 0 Å². The molecule has 0 aromatic carbocycles. The number of aliphatic carboxylic acids is 1. The van der Waals surface area contributed by atoms with Crippen molar-refractivity contribution in [2.45, 2.75) is 71.1 Å². The molecule has 0 aromatic rings. The molecule has 0 amide bonds. The lowest BCUT2D eigenvalue weighted by atomic mass is 10.1. The lowest BCUT2D eigenvalue weighted by Gasteiger charge is -2.00. The zero-order chi connectivity index (χ0) is 12.1. The largest absolute Gasteiger partial charge is 0.481 e. The van der Waals surface area contributed by atoms with Gasteiger partial charge in [-0.25, -0.2) is 0 Å². The first kappa shape index (κ1) is 15.2. The summed E-state index contributed by atoms with van der Waals surface area (Å²) >= 11 is 0. The van der Waals surface area contributed by atoms with E-state index < -0.39 is 5.97 Å². The normalized spacial score (nSPS) is 11.1. The van der Waals surface area contributed by atoms with E-state index in [2.05, 4.69) is 19.1 Å². The summed E-state index contributed by atoms with van der Waals surface area (Å²) in [5.74, 6) is -0.664. The van der Waals surface area contributed by atoms with Gasteiger partial charge in [0.15, 0.2) is 0 Å². The fourth-order valence-corrected chi connectivity index (χ4v) is 1.71. The lowest BCUT2D eigenvalue weighted by Crippen LogP contribution is -1.93. The highest BCUT2D eigenvalue weighted by Gasteiger charge is 1.96. The number of rotatable bonds is 11. The van der Waals surface area contributed by atoms with E-state index in [0.717, 1.165) is 19.3 Å². The van der Waals surface area contributed by atoms with Crippen LogP contribution in [-0.4, -0.2) is 11.1 Å². The van der Waals surface area contributed by atoms with Crippen LogP contribution in [0.5, 0.6) is 0 Å². The van der Waals surface area contributed by atoms with Crippen LogP contribution in [-0.2, 0) is 4.79 Å². The standard InChI is InChI=1S/C14H26O2/c1-2-3-4-5-6-7-8-9-10-11-12-13-14(15)16/h3-4H,2,5-13H2,1H3,(H,15,16)/b4-3-. The maximum Gasteiger partial charge on any atom is 0.303 e. The Morgan fingerprint density at radius 3 is 2.06 bits per heavy atom. The third-order valence-electron chi connectivity index (χ3n) is 2.66. The van der Waals surface area contributed by atoms with Gasteiger partial charge in [-0.15, -0.1) is 0 Å². The van der Waals surface area contributed by atoms with Crippen LogP contribution >= 0.6 is 0 Å². The van der Waals surface area contributed by atoms with Crippen molar-refractivity contribution < 1.29 is 9.90 Å². The summed E-state index contributed by atoms with van der Waals surface area (Å²) in [6, 6.07) is 0. The summed E-state index contributed by atoms with van der Waals surface area (Å²) in [6.45, 7) is 2.16. The first-order valence-electron chi connectivity index (χ1n) is 6.64. The molecule has 1 N–H and O–H groups in total. The van der Waals surface area contributed by atoms with Gasteiger partial charge in [0.05, 0.1) is 0 Å². The van der Waals surface area contributed by atoms with Crippen LogP contribution in [0.3, 0.4) is 0 Å². The van der Waals surface area contributed by atoms with Crippen molar-refractivity contribution in [3.63, 3.8) is 0 Å². The molecule has 0 radical (unpaired) electrons. The number of hydrogen-bond acceptors (Lipinski definition) is 1. The van der Waals surface area contributed by atoms with E-state index in [-0.39, 0.29) is 0 Å². The quantitative estimate of drug-likeness (QED) is 0.414. The highest BCUT2D eigenvalue weighted by atomic mass is 16.4. The van der Waals surface area contributed by atoms with Gasteiger partial charge in [0, 0.05) is 6.42 Å². The predicted molar refractivity (Wildman–Crippen MR) is 68.6 cm³/mol. The van der Waals surface area contributed by atoms with E-state index >= 15 is 0 Å². The van der Waals surface area contributed by atoms with Crippen molar-refractivity contribution in [2.75, 3.05) is 0 Å². The van der Waals surface area contributed by atoms with E-state index in [0.29, 0.717) is 6.42 Å². The zero-order valence-electron chi connectivity index (χ0n) is 10.6. The number of unbranched alkanes of at least 4 members (excludes halogenated alkanes) is 7. The topological polar surface area (TPSA) is 37.3 Å². The Hall–Kier alpha value is -0.790. The Balaban J connectivity index is 2.98. The van der Waals surface area contributed by atoms with Gasteiger partial charge in [-0.2, -0.15) is 0 Å². The third-order valence-corrected chi connectivity index (χ3v) is 2.66. The van der Waals surface area contributed by atoms with Gasteiger partial charge in [-0.05, 0) is 25.7 Å². The first-order chi connectivity index (χ1) is 7.77. The molecule has 0 atom stereocenters. The summed E-state index contributed by atoms with van der Waals surface area (Å²) in [5, 5.41) is 8.45. The monoisotopic (exact) mass is 226 g/mol. The first-order valence-corrected chi connectivity index (χ1v) is 6.64. The van der Waals surface area contributed by atoms with E-state index in [1.807, 2.05) is 0 Å². The van der Waals surface area contributed by atoms with Gasteiger partial charge in [0.2, 0.25) is 0 Å². The molecule has 0 bridgehead atoms. The van der Waals surface area contributed by atoms with Crippen LogP contribution in [0.15, 0.2) is 12.2 Å². The number of carboxylic acids is 1. The van der Waals surface area contributed by atoms with Crippen molar-refractivity contribution in [2.24, 2.45) is 0 Å². The van der Waals surface area contributed by atoms with Gasteiger partial charge >= 0.3 is 5.97 Å². The average Bonchev–Trinajstić information content (AvgIpc) is 2.25. The van der Waals surface area contributed by atoms with Crippen LogP contribution in [0.25, 0.3) is 0 Å². The minimum absolute atomic E-state index is 0.335. The van der Waals surface area contributed by atoms with Crippen molar-refractivity contribution in [3.8, 4) is 0 Å². The molecular weight excluding hydrogens is 200 g/mol. The molecule has 0 fully saturated rings. The molecule has 0 aliphatic heterocycles. The fourth-order valence-electron chi connectivity index (χ4n) is 1.71. The summed E-state index contributed by atoms with van der Waals surface area (Å²) in [6.07, 6.45) is 15.5. The summed E-state index contributed by atoms with van der Waals surface area (Å²) < 4.78 is 0. The summed E-state index contributed by atoms with van der Waals surface area (Å²) in [7, 11) is 0. The molecule has 16 heavy (non-hydrogen) atoms. The minimum Gasteiger partial charge on any atom is -0.481 e. The molecule has 0 aliphatic rings. The van der Waals surface area contributed by atoms with Crippen LogP contribution in [0.4, 0.5) is 0 Å². The third kappa shape index (κ3) is 13.2. The molecule has 2 nitrogen and oxygen atoms in total. The Morgan fingerprint density at radius 2 is 1.50 bits per heavy atom. The smallest absolute Gasteiger partial charge is 0.303 e. The SMILES string of the molecule is CC/C=C\CCCCCCCCCC(=O)O. The van der Waals surface area contributed by atoms with E-state index in [4.69, 9.17) is 5.11 Å². The molecule has 0 saturated heterocycles. The van der Waals surface area contributed by atoms with Crippen molar-refractivity contribution in [3.05, 3.63) is 12.2 Å². The van der Waals surface area contributed by atoms with Gasteiger partial charge in [0.25, 0.3) is 0 Å². The van der Waals surface area contributed by atoms with Gasteiger partial charge in [0.1, 0.15) is 0 Å². The molecule has 0 aliphatic carbocycles. The van der Waals surface area contributed by atoms with Gasteiger partial charge in [-0.1, -0.05) is 51.2 Å². The molecule has 2 heteroatoms. The second kappa shape index (κ2) is 12.3. The molecule has 0 spiro atoms. The fraction of sp³-hybridized carbons (Fsp3) is 0.786. The van der Waals surface area contributed by atoms with Crippen LogP contribution < -0.4 is 0 Å². The zero-order valence-corrected chi connectivity index (χ0v) is 10.6. The summed E-state index contributed by atoms with van der Waals surface area (Å²) in [5.41, 5.74) is 0. The molecular formula is C14H26O2. The van der Waals surface area contributed by atoms with E-state index in [1.165, 1.54) is 38.5 Å². The Morgan fingerprint density at radius 1 is 0.938 bits per heavy atom. The summed E-state index contributed by atoms with van der Waals surface area (Å²) in [4.78, 5) is 10.3. The maximum atomic E-state index is 10.3. The van der Waals surface area contributed by atoms with E-state index in [9.17, 15) is 4.79 Å². The molecule has 0 unspecified atom stereocenters. The number of hydrogen-bond donors (Lipinski definition) is 1. The van der Waals surface area contributed by atoms with Crippen LogP contribution in [0.1, 0.15) is 71.1 Å². The maximum absolute atomic E-state index is 10.3.